The summed E-state index contributed by atoms with van der Waals surface area (Å²) in [5.74, 6) is 0. The molecule has 106 valence electrons. The fourth-order valence-electron chi connectivity index (χ4n) is 2.44. The molecule has 1 aliphatic rings. The highest BCUT2D eigenvalue weighted by atomic mass is 35.5. The van der Waals surface area contributed by atoms with Crippen LogP contribution in [-0.2, 0) is 12.6 Å². The second kappa shape index (κ2) is 4.97. The molecule has 1 aliphatic carbocycles. The molecular weight excluding hydrogens is 307 g/mol. The van der Waals surface area contributed by atoms with Gasteiger partial charge in [0.05, 0.1) is 15.9 Å². The van der Waals surface area contributed by atoms with E-state index >= 15 is 0 Å². The summed E-state index contributed by atoms with van der Waals surface area (Å²) in [6.07, 6.45) is -2.38. The van der Waals surface area contributed by atoms with Crippen molar-refractivity contribution in [2.24, 2.45) is 0 Å². The van der Waals surface area contributed by atoms with Crippen molar-refractivity contribution in [2.45, 2.75) is 25.1 Å². The molecule has 3 rings (SSSR count). The van der Waals surface area contributed by atoms with Gasteiger partial charge in [-0.3, -0.25) is 0 Å². The van der Waals surface area contributed by atoms with Crippen LogP contribution in [0.25, 0.3) is 0 Å². The zero-order valence-electron chi connectivity index (χ0n) is 10.3. The van der Waals surface area contributed by atoms with E-state index in [1.807, 2.05) is 6.07 Å². The zero-order valence-corrected chi connectivity index (χ0v) is 11.9. The molecule has 1 N–H and O–H groups in total. The van der Waals surface area contributed by atoms with Gasteiger partial charge in [0, 0.05) is 10.6 Å². The Kier molecular flexibility index (Phi) is 3.42. The molecule has 1 aromatic carbocycles. The topological polar surface area (TPSA) is 12.0 Å². The Morgan fingerprint density at radius 1 is 1.20 bits per heavy atom. The van der Waals surface area contributed by atoms with Gasteiger partial charge in [-0.1, -0.05) is 11.6 Å². The Bertz CT molecular complexity index is 618. The van der Waals surface area contributed by atoms with Crippen molar-refractivity contribution in [1.82, 2.24) is 0 Å². The van der Waals surface area contributed by atoms with Crippen molar-refractivity contribution in [2.75, 3.05) is 5.32 Å². The molecule has 1 unspecified atom stereocenters. The lowest BCUT2D eigenvalue weighted by Crippen LogP contribution is -2.08. The molecule has 20 heavy (non-hydrogen) atoms. The van der Waals surface area contributed by atoms with Gasteiger partial charge < -0.3 is 5.32 Å². The summed E-state index contributed by atoms with van der Waals surface area (Å²) < 4.78 is 38.2. The molecule has 0 fully saturated rings. The lowest BCUT2D eigenvalue weighted by atomic mass is 10.1. The molecule has 0 amide bonds. The highest BCUT2D eigenvalue weighted by Crippen LogP contribution is 2.41. The maximum Gasteiger partial charge on any atom is 0.416 e. The maximum absolute atomic E-state index is 12.5. The van der Waals surface area contributed by atoms with Crippen molar-refractivity contribution in [3.8, 4) is 0 Å². The number of nitrogens with one attached hydrogen (secondary N) is 1. The minimum Gasteiger partial charge on any atom is -0.378 e. The summed E-state index contributed by atoms with van der Waals surface area (Å²) >= 11 is 7.56. The molecular formula is C14H11ClF3NS. The van der Waals surface area contributed by atoms with Gasteiger partial charge in [0.25, 0.3) is 0 Å². The average Bonchev–Trinajstić information content (AvgIpc) is 2.90. The van der Waals surface area contributed by atoms with Crippen LogP contribution in [0.1, 0.15) is 28.5 Å². The molecule has 1 heterocycles. The minimum atomic E-state index is -4.29. The molecule has 0 saturated carbocycles. The number of fused-ring (bicyclic) bond motifs is 1. The molecule has 0 spiro atoms. The predicted octanol–water partition coefficient (Wildman–Crippen LogP) is 5.52. The van der Waals surface area contributed by atoms with Gasteiger partial charge in [0.15, 0.2) is 0 Å². The van der Waals surface area contributed by atoms with Crippen LogP contribution in [0.2, 0.25) is 4.34 Å². The number of hydrogen-bond donors (Lipinski definition) is 1. The number of hydrogen-bond acceptors (Lipinski definition) is 2. The van der Waals surface area contributed by atoms with Crippen LogP contribution in [0.4, 0.5) is 18.9 Å². The van der Waals surface area contributed by atoms with E-state index in [9.17, 15) is 13.2 Å². The van der Waals surface area contributed by atoms with Gasteiger partial charge in [-0.2, -0.15) is 13.2 Å². The van der Waals surface area contributed by atoms with Crippen molar-refractivity contribution in [1.29, 1.82) is 0 Å². The lowest BCUT2D eigenvalue weighted by molar-refractivity contribution is -0.137. The Morgan fingerprint density at radius 3 is 2.55 bits per heavy atom. The summed E-state index contributed by atoms with van der Waals surface area (Å²) in [5, 5.41) is 3.27. The Hall–Kier alpha value is -1.20. The summed E-state index contributed by atoms with van der Waals surface area (Å²) in [5.41, 5.74) is 1.23. The van der Waals surface area contributed by atoms with E-state index in [2.05, 4.69) is 5.32 Å². The van der Waals surface area contributed by atoms with E-state index in [-0.39, 0.29) is 6.04 Å². The average molecular weight is 318 g/mol. The second-order valence-corrected chi connectivity index (χ2v) is 6.51. The predicted molar refractivity (Wildman–Crippen MR) is 75.5 cm³/mol. The van der Waals surface area contributed by atoms with Crippen molar-refractivity contribution >= 4 is 28.6 Å². The molecule has 0 saturated heterocycles. The molecule has 1 aromatic heterocycles. The van der Waals surface area contributed by atoms with Gasteiger partial charge in [0.1, 0.15) is 0 Å². The molecule has 0 aliphatic heterocycles. The molecule has 1 atom stereocenters. The summed E-state index contributed by atoms with van der Waals surface area (Å²) in [6.45, 7) is 0. The first-order valence-corrected chi connectivity index (χ1v) is 7.35. The van der Waals surface area contributed by atoms with E-state index in [0.29, 0.717) is 5.69 Å². The Balaban J connectivity index is 1.76. The standard InChI is InChI=1S/C14H11ClF3NS/c15-13-7-10-11(5-6-12(10)20-13)19-9-3-1-8(2-4-9)14(16,17)18/h1-4,7,11,19H,5-6H2. The van der Waals surface area contributed by atoms with Crippen molar-refractivity contribution in [3.05, 3.63) is 50.7 Å². The third-order valence-electron chi connectivity index (χ3n) is 3.40. The highest BCUT2D eigenvalue weighted by molar-refractivity contribution is 7.16. The molecule has 0 radical (unpaired) electrons. The van der Waals surface area contributed by atoms with Crippen LogP contribution in [0.3, 0.4) is 0 Å². The van der Waals surface area contributed by atoms with Gasteiger partial charge in [-0.15, -0.1) is 11.3 Å². The van der Waals surface area contributed by atoms with Crippen LogP contribution < -0.4 is 5.32 Å². The van der Waals surface area contributed by atoms with Gasteiger partial charge in [-0.05, 0) is 48.7 Å². The highest BCUT2D eigenvalue weighted by Gasteiger charge is 2.30. The van der Waals surface area contributed by atoms with Crippen molar-refractivity contribution < 1.29 is 13.2 Å². The largest absolute Gasteiger partial charge is 0.416 e. The fourth-order valence-corrected chi connectivity index (χ4v) is 3.79. The summed E-state index contributed by atoms with van der Waals surface area (Å²) in [7, 11) is 0. The maximum atomic E-state index is 12.5. The van der Waals surface area contributed by atoms with Crippen LogP contribution >= 0.6 is 22.9 Å². The summed E-state index contributed by atoms with van der Waals surface area (Å²) in [6, 6.07) is 7.20. The number of aryl methyl sites for hydroxylation is 1. The molecule has 0 bridgehead atoms. The van der Waals surface area contributed by atoms with E-state index in [1.54, 1.807) is 11.3 Å². The Labute approximate surface area is 123 Å². The second-order valence-electron chi connectivity index (χ2n) is 4.74. The first-order valence-electron chi connectivity index (χ1n) is 6.15. The number of rotatable bonds is 2. The molecule has 6 heteroatoms. The van der Waals surface area contributed by atoms with Crippen LogP contribution in [-0.4, -0.2) is 0 Å². The van der Waals surface area contributed by atoms with Crippen LogP contribution in [0.15, 0.2) is 30.3 Å². The van der Waals surface area contributed by atoms with Crippen molar-refractivity contribution in [3.63, 3.8) is 0 Å². The van der Waals surface area contributed by atoms with Crippen LogP contribution in [0.5, 0.6) is 0 Å². The molecule has 2 aromatic rings. The fraction of sp³-hybridized carbons (Fsp3) is 0.286. The third-order valence-corrected chi connectivity index (χ3v) is 4.74. The molecule has 1 nitrogen and oxygen atoms in total. The normalized spacial score (nSPS) is 18.1. The van der Waals surface area contributed by atoms with Crippen LogP contribution in [0, 0.1) is 0 Å². The minimum absolute atomic E-state index is 0.130. The zero-order chi connectivity index (χ0) is 14.3. The third kappa shape index (κ3) is 2.65. The van der Waals surface area contributed by atoms with E-state index < -0.39 is 11.7 Å². The monoisotopic (exact) mass is 317 g/mol. The first-order chi connectivity index (χ1) is 9.43. The number of benzene rings is 1. The Morgan fingerprint density at radius 2 is 1.90 bits per heavy atom. The lowest BCUT2D eigenvalue weighted by Gasteiger charge is -2.15. The number of anilines is 1. The van der Waals surface area contributed by atoms with Gasteiger partial charge in [0.2, 0.25) is 0 Å². The van der Waals surface area contributed by atoms with Gasteiger partial charge >= 0.3 is 6.18 Å². The smallest absolute Gasteiger partial charge is 0.378 e. The SMILES string of the molecule is FC(F)(F)c1ccc(NC2CCc3sc(Cl)cc32)cc1. The van der Waals surface area contributed by atoms with E-state index in [4.69, 9.17) is 11.6 Å². The quantitative estimate of drug-likeness (QED) is 0.769. The first kappa shape index (κ1) is 13.8. The number of alkyl halides is 3. The summed E-state index contributed by atoms with van der Waals surface area (Å²) in [4.78, 5) is 1.26. The number of thiophene rings is 1. The van der Waals surface area contributed by atoms with Gasteiger partial charge in [-0.25, -0.2) is 0 Å². The van der Waals surface area contributed by atoms with E-state index in [0.717, 1.165) is 29.3 Å². The number of halogens is 4. The van der Waals surface area contributed by atoms with E-state index in [1.165, 1.54) is 22.6 Å².